The van der Waals surface area contributed by atoms with E-state index >= 15 is 0 Å². The molecule has 0 amide bonds. The van der Waals surface area contributed by atoms with Crippen LogP contribution in [0.4, 0.5) is 28.7 Å². The maximum absolute atomic E-state index is 11.3. The van der Waals surface area contributed by atoms with Crippen LogP contribution in [0.1, 0.15) is 18.2 Å². The van der Waals surface area contributed by atoms with Gasteiger partial charge < -0.3 is 10.6 Å². The molecule has 0 radical (unpaired) electrons. The lowest BCUT2D eigenvalue weighted by Gasteiger charge is -2.13. The van der Waals surface area contributed by atoms with Crippen LogP contribution in [0.2, 0.25) is 5.15 Å². The zero-order valence-corrected chi connectivity index (χ0v) is 15.4. The topological polar surface area (TPSA) is 119 Å². The monoisotopic (exact) mass is 385 g/mol. The van der Waals surface area contributed by atoms with E-state index in [9.17, 15) is 10.1 Å². The Kier molecular flexibility index (Phi) is 5.41. The third kappa shape index (κ3) is 4.26. The maximum atomic E-state index is 11.3. The maximum Gasteiger partial charge on any atom is 0.348 e. The summed E-state index contributed by atoms with van der Waals surface area (Å²) < 4.78 is 0. The SMILES string of the molecule is CCc1ccc(Nc2cc(C)ncn2)cc1Nc1ncnc(Cl)c1[N+](=O)[O-]. The van der Waals surface area contributed by atoms with Crippen molar-refractivity contribution in [3.63, 3.8) is 0 Å². The molecule has 10 heteroatoms. The quantitative estimate of drug-likeness (QED) is 0.368. The second-order valence-electron chi connectivity index (χ2n) is 5.64. The summed E-state index contributed by atoms with van der Waals surface area (Å²) in [6.07, 6.45) is 3.38. The molecule has 0 aliphatic carbocycles. The fourth-order valence-corrected chi connectivity index (χ4v) is 2.69. The Labute approximate surface area is 160 Å². The lowest BCUT2D eigenvalue weighted by molar-refractivity contribution is -0.384. The van der Waals surface area contributed by atoms with Crippen molar-refractivity contribution >= 4 is 40.3 Å². The molecule has 0 spiro atoms. The van der Waals surface area contributed by atoms with Crippen molar-refractivity contribution < 1.29 is 4.92 Å². The van der Waals surface area contributed by atoms with Gasteiger partial charge >= 0.3 is 5.69 Å². The summed E-state index contributed by atoms with van der Waals surface area (Å²) >= 11 is 5.86. The van der Waals surface area contributed by atoms with Gasteiger partial charge in [0.05, 0.1) is 4.92 Å². The molecule has 0 atom stereocenters. The Morgan fingerprint density at radius 2 is 1.89 bits per heavy atom. The van der Waals surface area contributed by atoms with Gasteiger partial charge in [-0.1, -0.05) is 24.6 Å². The molecule has 2 N–H and O–H groups in total. The number of nitrogens with one attached hydrogen (secondary N) is 2. The first-order valence-corrected chi connectivity index (χ1v) is 8.46. The van der Waals surface area contributed by atoms with Gasteiger partial charge in [-0.25, -0.2) is 19.9 Å². The first kappa shape index (κ1) is 18.5. The minimum Gasteiger partial charge on any atom is -0.340 e. The Hall–Kier alpha value is -3.33. The van der Waals surface area contributed by atoms with Crippen LogP contribution in [0.3, 0.4) is 0 Å². The molecular formula is C17H16ClN7O2. The highest BCUT2D eigenvalue weighted by Crippen LogP contribution is 2.33. The van der Waals surface area contributed by atoms with Gasteiger partial charge in [-0.3, -0.25) is 10.1 Å². The van der Waals surface area contributed by atoms with Gasteiger partial charge in [0, 0.05) is 23.1 Å². The molecule has 1 aromatic carbocycles. The average Bonchev–Trinajstić information content (AvgIpc) is 2.62. The summed E-state index contributed by atoms with van der Waals surface area (Å²) in [4.78, 5) is 26.6. The van der Waals surface area contributed by atoms with Crippen molar-refractivity contribution in [3.05, 3.63) is 63.4 Å². The highest BCUT2D eigenvalue weighted by molar-refractivity contribution is 6.31. The molecular weight excluding hydrogens is 370 g/mol. The van der Waals surface area contributed by atoms with Crippen LogP contribution in [0.25, 0.3) is 0 Å². The number of halogens is 1. The molecule has 138 valence electrons. The number of rotatable bonds is 6. The Balaban J connectivity index is 1.95. The third-order valence-corrected chi connectivity index (χ3v) is 4.06. The van der Waals surface area contributed by atoms with Crippen LogP contribution in [-0.4, -0.2) is 24.9 Å². The second kappa shape index (κ2) is 7.92. The molecule has 3 aromatic rings. The van der Waals surface area contributed by atoms with Crippen molar-refractivity contribution in [3.8, 4) is 0 Å². The molecule has 0 saturated carbocycles. The van der Waals surface area contributed by atoms with Crippen LogP contribution >= 0.6 is 11.6 Å². The number of aromatic nitrogens is 4. The van der Waals surface area contributed by atoms with Crippen LogP contribution in [0.5, 0.6) is 0 Å². The van der Waals surface area contributed by atoms with Gasteiger partial charge in [0.2, 0.25) is 11.0 Å². The van der Waals surface area contributed by atoms with E-state index < -0.39 is 4.92 Å². The lowest BCUT2D eigenvalue weighted by atomic mass is 10.1. The molecule has 0 saturated heterocycles. The summed E-state index contributed by atoms with van der Waals surface area (Å²) in [5.41, 5.74) is 2.86. The minimum atomic E-state index is -0.609. The van der Waals surface area contributed by atoms with Gasteiger partial charge in [-0.2, -0.15) is 0 Å². The normalized spacial score (nSPS) is 10.5. The summed E-state index contributed by atoms with van der Waals surface area (Å²) in [6, 6.07) is 7.47. The Morgan fingerprint density at radius 1 is 1.11 bits per heavy atom. The zero-order valence-electron chi connectivity index (χ0n) is 14.6. The molecule has 0 fully saturated rings. The molecule has 0 aliphatic rings. The van der Waals surface area contributed by atoms with Gasteiger partial charge in [0.25, 0.3) is 0 Å². The van der Waals surface area contributed by atoms with E-state index in [1.165, 1.54) is 12.7 Å². The molecule has 9 nitrogen and oxygen atoms in total. The number of aryl methyl sites for hydroxylation is 2. The van der Waals surface area contributed by atoms with Crippen LogP contribution < -0.4 is 10.6 Å². The van der Waals surface area contributed by atoms with Gasteiger partial charge in [-0.15, -0.1) is 0 Å². The number of hydrogen-bond acceptors (Lipinski definition) is 8. The molecule has 3 rings (SSSR count). The summed E-state index contributed by atoms with van der Waals surface area (Å²) in [5.74, 6) is 0.679. The predicted molar refractivity (Wildman–Crippen MR) is 103 cm³/mol. The highest BCUT2D eigenvalue weighted by atomic mass is 35.5. The van der Waals surface area contributed by atoms with E-state index in [4.69, 9.17) is 11.6 Å². The van der Waals surface area contributed by atoms with E-state index in [0.29, 0.717) is 11.5 Å². The summed E-state index contributed by atoms with van der Waals surface area (Å²) in [5, 5.41) is 17.3. The largest absolute Gasteiger partial charge is 0.348 e. The number of anilines is 4. The molecule has 2 heterocycles. The zero-order chi connectivity index (χ0) is 19.4. The van der Waals surface area contributed by atoms with E-state index in [1.54, 1.807) is 0 Å². The number of benzene rings is 1. The fourth-order valence-electron chi connectivity index (χ4n) is 2.49. The summed E-state index contributed by atoms with van der Waals surface area (Å²) in [7, 11) is 0. The van der Waals surface area contributed by atoms with Gasteiger partial charge in [0.15, 0.2) is 0 Å². The van der Waals surface area contributed by atoms with Crippen LogP contribution in [0.15, 0.2) is 36.9 Å². The van der Waals surface area contributed by atoms with Crippen molar-refractivity contribution in [2.75, 3.05) is 10.6 Å². The van der Waals surface area contributed by atoms with E-state index in [0.717, 1.165) is 23.4 Å². The minimum absolute atomic E-state index is 0.0322. The van der Waals surface area contributed by atoms with Crippen molar-refractivity contribution in [1.29, 1.82) is 0 Å². The number of hydrogen-bond donors (Lipinski definition) is 2. The number of nitro groups is 1. The second-order valence-corrected chi connectivity index (χ2v) is 6.00. The van der Waals surface area contributed by atoms with Crippen molar-refractivity contribution in [2.24, 2.45) is 0 Å². The smallest absolute Gasteiger partial charge is 0.340 e. The van der Waals surface area contributed by atoms with Crippen LogP contribution in [-0.2, 0) is 6.42 Å². The molecule has 27 heavy (non-hydrogen) atoms. The molecule has 0 bridgehead atoms. The standard InChI is InChI=1S/C17H16ClN7O2/c1-3-11-4-5-12(23-14-6-10(2)19-8-20-14)7-13(11)24-17-15(25(26)27)16(18)21-9-22-17/h4-9H,3H2,1-2H3,(H,19,20,23)(H,21,22,24). The van der Waals surface area contributed by atoms with Crippen LogP contribution in [0, 0.1) is 17.0 Å². The highest BCUT2D eigenvalue weighted by Gasteiger charge is 2.22. The van der Waals surface area contributed by atoms with Gasteiger partial charge in [0.1, 0.15) is 18.5 Å². The first-order chi connectivity index (χ1) is 13.0. The first-order valence-electron chi connectivity index (χ1n) is 8.08. The molecule has 0 unspecified atom stereocenters. The Morgan fingerprint density at radius 3 is 2.59 bits per heavy atom. The Bertz CT molecular complexity index is 997. The van der Waals surface area contributed by atoms with Crippen molar-refractivity contribution in [1.82, 2.24) is 19.9 Å². The van der Waals surface area contributed by atoms with E-state index in [-0.39, 0.29) is 16.7 Å². The summed E-state index contributed by atoms with van der Waals surface area (Å²) in [6.45, 7) is 3.86. The molecule has 0 aliphatic heterocycles. The lowest BCUT2D eigenvalue weighted by Crippen LogP contribution is -2.04. The van der Waals surface area contributed by atoms with E-state index in [1.807, 2.05) is 38.1 Å². The third-order valence-electron chi connectivity index (χ3n) is 3.78. The predicted octanol–water partition coefficient (Wildman–Crippen LogP) is 4.19. The van der Waals surface area contributed by atoms with Gasteiger partial charge in [-0.05, 0) is 31.0 Å². The molecule has 2 aromatic heterocycles. The average molecular weight is 386 g/mol. The van der Waals surface area contributed by atoms with Crippen molar-refractivity contribution in [2.45, 2.75) is 20.3 Å². The van der Waals surface area contributed by atoms with E-state index in [2.05, 4.69) is 30.6 Å². The fraction of sp³-hybridized carbons (Fsp3) is 0.176. The number of nitrogens with zero attached hydrogens (tertiary/aromatic N) is 5.